The summed E-state index contributed by atoms with van der Waals surface area (Å²) in [6.45, 7) is 0. The summed E-state index contributed by atoms with van der Waals surface area (Å²) in [5.41, 5.74) is 0. The minimum absolute atomic E-state index is 0.964. The van der Waals surface area contributed by atoms with Crippen molar-refractivity contribution in [3.05, 3.63) is 0 Å². The average molecular weight is 519 g/mol. The van der Waals surface area contributed by atoms with Gasteiger partial charge < -0.3 is 0 Å². The molecule has 0 aromatic carbocycles. The molecular weight excluding hydrogens is 519 g/mol. The molecule has 0 aliphatic heterocycles. The molecule has 0 aromatic heterocycles. The lowest BCUT2D eigenvalue weighted by molar-refractivity contribution is 3.23. The Kier molecular flexibility index (Phi) is 25.5. The molecule has 0 saturated carbocycles. The fourth-order valence-corrected chi connectivity index (χ4v) is 7.57. The molecule has 0 spiro atoms. The van der Waals surface area contributed by atoms with E-state index < -0.39 is 140 Å². The molecule has 0 unspecified atom stereocenters. The molecule has 0 rings (SSSR count). The van der Waals surface area contributed by atoms with Gasteiger partial charge in [-0.1, -0.05) is 0 Å². The van der Waals surface area contributed by atoms with E-state index in [2.05, 4.69) is 0 Å². The maximum absolute atomic E-state index is 6.47. The minimum Gasteiger partial charge on any atom is 0 e. The van der Waals surface area contributed by atoms with Crippen molar-refractivity contribution in [3.63, 3.8) is 0 Å². The van der Waals surface area contributed by atoms with Crippen LogP contribution in [0.15, 0.2) is 0 Å². The van der Waals surface area contributed by atoms with E-state index in [1.807, 2.05) is 0 Å². The molecule has 0 aliphatic carbocycles. The van der Waals surface area contributed by atoms with Gasteiger partial charge in [0.1, 0.15) is 0 Å². The van der Waals surface area contributed by atoms with Crippen LogP contribution in [-0.2, 0) is 0 Å². The Hall–Kier alpha value is 3.12. The highest BCUT2D eigenvalue weighted by atomic mass is 13.4. The zero-order valence-electron chi connectivity index (χ0n) is 27.7. The Morgan fingerprint density at radius 3 is 0.583 bits per heavy atom. The maximum Gasteiger partial charge on any atom is 0 e. The van der Waals surface area contributed by atoms with Gasteiger partial charge in [-0.05, 0) is 0 Å². The summed E-state index contributed by atoms with van der Waals surface area (Å²) in [7, 11) is 155. The van der Waals surface area contributed by atoms with Crippen LogP contribution in [-0.4, -0.2) is 340 Å². The fraction of sp³-hybridized carbons (Fsp3) is 0. The highest BCUT2D eigenvalue weighted by Crippen LogP contribution is 2.17. The SMILES string of the molecule is [B][B]B([B])B(B([B])[B])B([B]B(B(B(B([B])[B])B([B])[B])B(B([B])[B])B([B])[B])B(B(B([B])[B])B([B])[B])B(B([B])[B])B([B])[B])B(B([B])[B])B([B])[B]. The molecule has 50 radical (unpaired) electrons. The molecule has 0 aromatic rings. The van der Waals surface area contributed by atoms with Gasteiger partial charge in [0.05, 0.1) is 0 Å². The molecule has 48 heteroatoms. The van der Waals surface area contributed by atoms with Crippen molar-refractivity contribution in [1.82, 2.24) is 0 Å². The molecule has 0 saturated heterocycles. The first kappa shape index (κ1) is 51.1. The predicted molar refractivity (Wildman–Crippen MR) is 276 cm³/mol. The van der Waals surface area contributed by atoms with Gasteiger partial charge in [-0.3, -0.25) is 0 Å². The minimum atomic E-state index is -1.25. The molecular formula is B48. The van der Waals surface area contributed by atoms with Crippen LogP contribution in [0.4, 0.5) is 0 Å². The third kappa shape index (κ3) is 14.3. The smallest absolute Gasteiger partial charge is 0 e. The lowest BCUT2D eigenvalue weighted by Crippen LogP contribution is -2.90. The van der Waals surface area contributed by atoms with Gasteiger partial charge in [0.25, 0.3) is 0 Å². The average Bonchev–Trinajstić information content (AvgIpc) is 2.88. The van der Waals surface area contributed by atoms with Crippen LogP contribution in [0.25, 0.3) is 0 Å². The number of hydrogen-bond acceptors (Lipinski definition) is 0. The highest BCUT2D eigenvalue weighted by molar-refractivity contribution is 8.30. The van der Waals surface area contributed by atoms with Crippen LogP contribution in [0.3, 0.4) is 0 Å². The molecule has 0 N–H and O–H groups in total. The molecule has 0 atom stereocenters. The maximum atomic E-state index is 6.47. The lowest BCUT2D eigenvalue weighted by atomic mass is 8.29. The fourth-order valence-electron chi connectivity index (χ4n) is 7.57. The Labute approximate surface area is 337 Å². The largest absolute Gasteiger partial charge is 0 e. The number of rotatable bonds is 23. The summed E-state index contributed by atoms with van der Waals surface area (Å²) in [6.07, 6.45) is -25.3. The molecule has 0 heterocycles. The molecule has 0 amide bonds. The van der Waals surface area contributed by atoms with E-state index in [-0.39, 0.29) is 0 Å². The predicted octanol–water partition coefficient (Wildman–Crippen LogP) is -18.3. The van der Waals surface area contributed by atoms with Crippen molar-refractivity contribution in [2.75, 3.05) is 0 Å². The van der Waals surface area contributed by atoms with Crippen molar-refractivity contribution in [3.8, 4) is 0 Å². The van der Waals surface area contributed by atoms with Crippen LogP contribution in [0, 0.1) is 0 Å². The van der Waals surface area contributed by atoms with Gasteiger partial charge in [0.2, 0.25) is 0 Å². The second kappa shape index (κ2) is 23.9. The van der Waals surface area contributed by atoms with Crippen molar-refractivity contribution >= 4 is 340 Å². The van der Waals surface area contributed by atoms with E-state index >= 15 is 0 Å². The summed E-state index contributed by atoms with van der Waals surface area (Å²) in [4.78, 5) is 0. The molecule has 0 nitrogen and oxygen atoms in total. The van der Waals surface area contributed by atoms with E-state index in [4.69, 9.17) is 186 Å². The van der Waals surface area contributed by atoms with E-state index in [0.29, 0.717) is 0 Å². The van der Waals surface area contributed by atoms with E-state index in [9.17, 15) is 0 Å². The standard InChI is InChI=1S/B48/c1-25-38(24)46(37(22)23)39(41(27(2)3)28(4)5)26-40(47(42(29(6)7)30(8)9)43(31(10)11)32(12)13)48(44(33(14)15)34(16)17)45(35(18)19)36(20)21. The Balaban J connectivity index is 8.76. The van der Waals surface area contributed by atoms with Gasteiger partial charge in [0.15, 0.2) is 0 Å². The van der Waals surface area contributed by atoms with Crippen LogP contribution < -0.4 is 0 Å². The van der Waals surface area contributed by atoms with Crippen molar-refractivity contribution in [1.29, 1.82) is 0 Å². The van der Waals surface area contributed by atoms with Crippen molar-refractivity contribution < 1.29 is 0 Å². The molecule has 0 fully saturated rings. The lowest BCUT2D eigenvalue weighted by Gasteiger charge is -2.52. The van der Waals surface area contributed by atoms with Crippen LogP contribution >= 0.6 is 0 Å². The first-order chi connectivity index (χ1) is 21.9. The van der Waals surface area contributed by atoms with E-state index in [1.54, 1.807) is 7.06 Å². The van der Waals surface area contributed by atoms with Gasteiger partial charge in [-0.15, -0.1) is 0 Å². The van der Waals surface area contributed by atoms with Crippen LogP contribution in [0.2, 0.25) is 0 Å². The van der Waals surface area contributed by atoms with Gasteiger partial charge >= 0.3 is 0 Å². The van der Waals surface area contributed by atoms with Gasteiger partial charge in [-0.2, -0.15) is 0 Å². The monoisotopic (exact) mass is 528 g/mol. The summed E-state index contributed by atoms with van der Waals surface area (Å²) in [6, 6.07) is 0. The quantitative estimate of drug-likeness (QED) is 0.118. The first-order valence-electron chi connectivity index (χ1n) is 15.7. The first-order valence-corrected chi connectivity index (χ1v) is 15.7. The second-order valence-electron chi connectivity index (χ2n) is 13.1. The van der Waals surface area contributed by atoms with Crippen LogP contribution in [0.5, 0.6) is 0 Å². The van der Waals surface area contributed by atoms with Gasteiger partial charge in [-0.25, -0.2) is 0 Å². The highest BCUT2D eigenvalue weighted by Gasteiger charge is 2.55. The van der Waals surface area contributed by atoms with Crippen LogP contribution in [0.1, 0.15) is 0 Å². The number of hydrogen-bond donors (Lipinski definition) is 0. The molecule has 144 valence electrons. The van der Waals surface area contributed by atoms with Gasteiger partial charge in [0, 0.05) is 340 Å². The van der Waals surface area contributed by atoms with E-state index in [0.717, 1.165) is 0 Å². The third-order valence-corrected chi connectivity index (χ3v) is 9.56. The summed E-state index contributed by atoms with van der Waals surface area (Å²) >= 11 is 0. The summed E-state index contributed by atoms with van der Waals surface area (Å²) in [5.74, 6) is 0. The normalized spacial score (nSPS) is 9.58. The molecule has 0 aliphatic rings. The summed E-state index contributed by atoms with van der Waals surface area (Å²) in [5, 5.41) is 0. The zero-order chi connectivity index (χ0) is 38.1. The Morgan fingerprint density at radius 1 is 0.229 bits per heavy atom. The van der Waals surface area contributed by atoms with Crippen molar-refractivity contribution in [2.45, 2.75) is 0 Å². The Morgan fingerprint density at radius 2 is 0.417 bits per heavy atom. The van der Waals surface area contributed by atoms with Crippen molar-refractivity contribution in [2.24, 2.45) is 0 Å². The zero-order valence-corrected chi connectivity index (χ0v) is 27.7. The third-order valence-electron chi connectivity index (χ3n) is 9.56. The molecule has 0 bridgehead atoms. The summed E-state index contributed by atoms with van der Waals surface area (Å²) < 4.78 is 0. The molecule has 48 heavy (non-hydrogen) atoms. The van der Waals surface area contributed by atoms with E-state index in [1.165, 1.54) is 7.06 Å². The Bertz CT molecular complexity index is 682. The second-order valence-corrected chi connectivity index (χ2v) is 13.1. The topological polar surface area (TPSA) is 0 Å².